The second kappa shape index (κ2) is 6.12. The molecule has 0 saturated carbocycles. The molecule has 1 aromatic heterocycles. The molecule has 0 saturated heterocycles. The van der Waals surface area contributed by atoms with Crippen molar-refractivity contribution in [2.24, 2.45) is 0 Å². The Morgan fingerprint density at radius 2 is 1.91 bits per heavy atom. The lowest BCUT2D eigenvalue weighted by Gasteiger charge is -2.10. The fourth-order valence-electron chi connectivity index (χ4n) is 2.62. The van der Waals surface area contributed by atoms with Gasteiger partial charge in [-0.15, -0.1) is 0 Å². The third-order valence-corrected chi connectivity index (χ3v) is 3.86. The Labute approximate surface area is 134 Å². The lowest BCUT2D eigenvalue weighted by atomic mass is 10.1. The van der Waals surface area contributed by atoms with Crippen molar-refractivity contribution in [2.45, 2.75) is 19.8 Å². The van der Waals surface area contributed by atoms with E-state index in [0.29, 0.717) is 22.5 Å². The van der Waals surface area contributed by atoms with Crippen LogP contribution >= 0.6 is 0 Å². The lowest BCUT2D eigenvalue weighted by molar-refractivity contribution is 0.415. The molecule has 2 aromatic carbocycles. The van der Waals surface area contributed by atoms with E-state index in [9.17, 15) is 4.79 Å². The summed E-state index contributed by atoms with van der Waals surface area (Å²) >= 11 is 0. The Morgan fingerprint density at radius 3 is 2.57 bits per heavy atom. The van der Waals surface area contributed by atoms with Gasteiger partial charge in [0.25, 0.3) is 5.56 Å². The van der Waals surface area contributed by atoms with Gasteiger partial charge in [-0.05, 0) is 24.1 Å². The van der Waals surface area contributed by atoms with E-state index in [0.717, 1.165) is 23.1 Å². The number of methoxy groups -OCH3 is 1. The summed E-state index contributed by atoms with van der Waals surface area (Å²) in [6, 6.07) is 13.1. The molecule has 0 atom stereocenters. The molecule has 23 heavy (non-hydrogen) atoms. The van der Waals surface area contributed by atoms with Gasteiger partial charge in [0.1, 0.15) is 5.75 Å². The largest absolute Gasteiger partial charge is 0.497 e. The van der Waals surface area contributed by atoms with Crippen LogP contribution in [0.3, 0.4) is 0 Å². The SMILES string of the molecule is CCCc1ccc(-c2nc3cc(OC)ccc3c(=O)n2N)cc1. The zero-order valence-electron chi connectivity index (χ0n) is 13.2. The summed E-state index contributed by atoms with van der Waals surface area (Å²) in [5.74, 6) is 7.06. The first-order chi connectivity index (χ1) is 11.1. The zero-order valence-corrected chi connectivity index (χ0v) is 13.2. The van der Waals surface area contributed by atoms with Gasteiger partial charge < -0.3 is 10.6 Å². The van der Waals surface area contributed by atoms with Gasteiger partial charge in [0.05, 0.1) is 18.0 Å². The third kappa shape index (κ3) is 2.77. The van der Waals surface area contributed by atoms with Crippen molar-refractivity contribution in [3.63, 3.8) is 0 Å². The molecule has 0 aliphatic rings. The summed E-state index contributed by atoms with van der Waals surface area (Å²) < 4.78 is 6.30. The summed E-state index contributed by atoms with van der Waals surface area (Å²) in [5, 5.41) is 0.472. The number of hydrogen-bond donors (Lipinski definition) is 1. The maximum absolute atomic E-state index is 12.4. The molecule has 0 fully saturated rings. The van der Waals surface area contributed by atoms with Gasteiger partial charge in [0.15, 0.2) is 5.82 Å². The van der Waals surface area contributed by atoms with Crippen molar-refractivity contribution in [3.05, 3.63) is 58.4 Å². The highest BCUT2D eigenvalue weighted by Gasteiger charge is 2.11. The van der Waals surface area contributed by atoms with Gasteiger partial charge in [-0.3, -0.25) is 4.79 Å². The van der Waals surface area contributed by atoms with E-state index >= 15 is 0 Å². The number of benzene rings is 2. The number of nitrogen functional groups attached to an aromatic ring is 1. The molecule has 0 amide bonds. The van der Waals surface area contributed by atoms with Crippen LogP contribution in [0.5, 0.6) is 5.75 Å². The molecule has 3 aromatic rings. The minimum atomic E-state index is -0.273. The first-order valence-corrected chi connectivity index (χ1v) is 7.59. The van der Waals surface area contributed by atoms with Crippen LogP contribution in [0.15, 0.2) is 47.3 Å². The topological polar surface area (TPSA) is 70.1 Å². The Morgan fingerprint density at radius 1 is 1.17 bits per heavy atom. The van der Waals surface area contributed by atoms with Crippen LogP contribution in [0.1, 0.15) is 18.9 Å². The lowest BCUT2D eigenvalue weighted by Crippen LogP contribution is -2.29. The quantitative estimate of drug-likeness (QED) is 0.752. The van der Waals surface area contributed by atoms with Gasteiger partial charge in [-0.25, -0.2) is 9.66 Å². The van der Waals surface area contributed by atoms with E-state index in [1.54, 1.807) is 25.3 Å². The number of fused-ring (bicyclic) bond motifs is 1. The van der Waals surface area contributed by atoms with Gasteiger partial charge in [0, 0.05) is 11.6 Å². The van der Waals surface area contributed by atoms with Crippen molar-refractivity contribution in [2.75, 3.05) is 13.0 Å². The minimum Gasteiger partial charge on any atom is -0.497 e. The average Bonchev–Trinajstić information content (AvgIpc) is 2.58. The van der Waals surface area contributed by atoms with Crippen LogP contribution in [0.2, 0.25) is 0 Å². The summed E-state index contributed by atoms with van der Waals surface area (Å²) in [5.41, 5.74) is 2.37. The number of nitrogens with two attached hydrogens (primary N) is 1. The number of nitrogens with zero attached hydrogens (tertiary/aromatic N) is 2. The standard InChI is InChI=1S/C18H19N3O2/c1-3-4-12-5-7-13(8-6-12)17-20-16-11-14(23-2)9-10-15(16)18(22)21(17)19/h5-11H,3-4,19H2,1-2H3. The van der Waals surface area contributed by atoms with Crippen molar-refractivity contribution in [1.29, 1.82) is 0 Å². The first-order valence-electron chi connectivity index (χ1n) is 7.59. The normalized spacial score (nSPS) is 10.9. The van der Waals surface area contributed by atoms with E-state index in [4.69, 9.17) is 10.6 Å². The molecule has 0 aliphatic heterocycles. The number of ether oxygens (including phenoxy) is 1. The number of hydrogen-bond acceptors (Lipinski definition) is 4. The summed E-state index contributed by atoms with van der Waals surface area (Å²) in [7, 11) is 1.58. The van der Waals surface area contributed by atoms with Gasteiger partial charge in [0.2, 0.25) is 0 Å². The zero-order chi connectivity index (χ0) is 16.4. The molecule has 1 heterocycles. The number of rotatable bonds is 4. The van der Waals surface area contributed by atoms with E-state index in [2.05, 4.69) is 11.9 Å². The van der Waals surface area contributed by atoms with Crippen LogP contribution in [-0.4, -0.2) is 16.8 Å². The number of aryl methyl sites for hydroxylation is 1. The highest BCUT2D eigenvalue weighted by atomic mass is 16.5. The molecule has 118 valence electrons. The van der Waals surface area contributed by atoms with E-state index in [1.165, 1.54) is 5.56 Å². The molecule has 0 bridgehead atoms. The van der Waals surface area contributed by atoms with Crippen molar-refractivity contribution >= 4 is 10.9 Å². The summed E-state index contributed by atoms with van der Waals surface area (Å²) in [6.07, 6.45) is 2.12. The second-order valence-corrected chi connectivity index (χ2v) is 5.44. The molecule has 2 N–H and O–H groups in total. The van der Waals surface area contributed by atoms with Crippen molar-refractivity contribution < 1.29 is 4.74 Å². The van der Waals surface area contributed by atoms with Gasteiger partial charge in [-0.1, -0.05) is 37.6 Å². The maximum atomic E-state index is 12.4. The Bertz CT molecular complexity index is 899. The van der Waals surface area contributed by atoms with E-state index < -0.39 is 0 Å². The van der Waals surface area contributed by atoms with Crippen LogP contribution in [0.25, 0.3) is 22.3 Å². The summed E-state index contributed by atoms with van der Waals surface area (Å²) in [6.45, 7) is 2.14. The van der Waals surface area contributed by atoms with E-state index in [-0.39, 0.29) is 5.56 Å². The molecular weight excluding hydrogens is 290 g/mol. The molecule has 0 aliphatic carbocycles. The third-order valence-electron chi connectivity index (χ3n) is 3.86. The molecule has 0 radical (unpaired) electrons. The Balaban J connectivity index is 2.16. The van der Waals surface area contributed by atoms with E-state index in [1.807, 2.05) is 24.3 Å². The van der Waals surface area contributed by atoms with Crippen LogP contribution in [0, 0.1) is 0 Å². The molecule has 0 spiro atoms. The van der Waals surface area contributed by atoms with Crippen LogP contribution < -0.4 is 16.1 Å². The monoisotopic (exact) mass is 309 g/mol. The molecular formula is C18H19N3O2. The maximum Gasteiger partial charge on any atom is 0.280 e. The fraction of sp³-hybridized carbons (Fsp3) is 0.222. The molecule has 5 heteroatoms. The number of aromatic nitrogens is 2. The predicted molar refractivity (Wildman–Crippen MR) is 92.1 cm³/mol. The molecule has 0 unspecified atom stereocenters. The average molecular weight is 309 g/mol. The predicted octanol–water partition coefficient (Wildman–Crippen LogP) is 2.74. The Hall–Kier alpha value is -2.82. The highest BCUT2D eigenvalue weighted by molar-refractivity contribution is 5.81. The second-order valence-electron chi connectivity index (χ2n) is 5.44. The smallest absolute Gasteiger partial charge is 0.280 e. The van der Waals surface area contributed by atoms with Crippen molar-refractivity contribution in [3.8, 4) is 17.1 Å². The summed E-state index contributed by atoms with van der Waals surface area (Å²) in [4.78, 5) is 17.0. The fourth-order valence-corrected chi connectivity index (χ4v) is 2.62. The minimum absolute atomic E-state index is 0.273. The van der Waals surface area contributed by atoms with Crippen LogP contribution in [-0.2, 0) is 6.42 Å². The van der Waals surface area contributed by atoms with Crippen molar-refractivity contribution in [1.82, 2.24) is 9.66 Å². The van der Waals surface area contributed by atoms with Gasteiger partial charge >= 0.3 is 0 Å². The molecule has 5 nitrogen and oxygen atoms in total. The van der Waals surface area contributed by atoms with Crippen LogP contribution in [0.4, 0.5) is 0 Å². The molecule has 3 rings (SSSR count). The van der Waals surface area contributed by atoms with Gasteiger partial charge in [-0.2, -0.15) is 0 Å². The first kappa shape index (κ1) is 15.1. The highest BCUT2D eigenvalue weighted by Crippen LogP contribution is 2.21. The Kier molecular flexibility index (Phi) is 4.02.